The Bertz CT molecular complexity index is 765. The minimum Gasteiger partial charge on any atom is -0.497 e. The first-order valence-corrected chi connectivity index (χ1v) is 8.62. The largest absolute Gasteiger partial charge is 0.497 e. The monoisotopic (exact) mass is 392 g/mol. The molecule has 0 bridgehead atoms. The van der Waals surface area contributed by atoms with Crippen LogP contribution in [0, 0.1) is 0 Å². The molecular formula is C20H22F2N2O4. The fraction of sp³-hybridized carbons (Fsp3) is 0.300. The molecule has 0 aliphatic heterocycles. The molecular weight excluding hydrogens is 370 g/mol. The molecule has 0 heterocycles. The molecule has 2 aromatic rings. The number of nitrogens with one attached hydrogen (secondary N) is 1. The third-order valence-corrected chi connectivity index (χ3v) is 3.77. The van der Waals surface area contributed by atoms with E-state index >= 15 is 0 Å². The lowest BCUT2D eigenvalue weighted by Crippen LogP contribution is -2.34. The Labute approximate surface area is 162 Å². The molecule has 0 aliphatic rings. The number of methoxy groups -OCH3 is 1. The fourth-order valence-electron chi connectivity index (χ4n) is 2.23. The molecule has 0 spiro atoms. The zero-order valence-corrected chi connectivity index (χ0v) is 15.6. The van der Waals surface area contributed by atoms with Gasteiger partial charge in [-0.3, -0.25) is 4.79 Å². The molecule has 0 saturated carbocycles. The highest BCUT2D eigenvalue weighted by Gasteiger charge is 2.13. The third-order valence-electron chi connectivity index (χ3n) is 3.77. The van der Waals surface area contributed by atoms with E-state index in [4.69, 9.17) is 9.57 Å². The Morgan fingerprint density at radius 1 is 1.11 bits per heavy atom. The van der Waals surface area contributed by atoms with Gasteiger partial charge in [0.1, 0.15) is 11.5 Å². The molecule has 2 aromatic carbocycles. The van der Waals surface area contributed by atoms with Crippen LogP contribution < -0.4 is 14.8 Å². The van der Waals surface area contributed by atoms with Crippen LogP contribution in [-0.4, -0.2) is 38.5 Å². The maximum absolute atomic E-state index is 12.1. The summed E-state index contributed by atoms with van der Waals surface area (Å²) in [4.78, 5) is 17.1. The van der Waals surface area contributed by atoms with E-state index in [1.165, 1.54) is 18.3 Å². The van der Waals surface area contributed by atoms with E-state index in [1.54, 1.807) is 26.2 Å². The van der Waals surface area contributed by atoms with Crippen LogP contribution in [0.2, 0.25) is 0 Å². The van der Waals surface area contributed by atoms with Crippen LogP contribution in [0.3, 0.4) is 0 Å². The third kappa shape index (κ3) is 7.22. The molecule has 2 rings (SSSR count). The summed E-state index contributed by atoms with van der Waals surface area (Å²) in [5.41, 5.74) is 1.70. The van der Waals surface area contributed by atoms with Gasteiger partial charge in [-0.1, -0.05) is 17.3 Å². The van der Waals surface area contributed by atoms with Crippen LogP contribution in [0.4, 0.5) is 8.78 Å². The number of oxime groups is 1. The van der Waals surface area contributed by atoms with Crippen LogP contribution in [-0.2, 0) is 16.1 Å². The summed E-state index contributed by atoms with van der Waals surface area (Å²) in [7, 11) is 1.61. The second-order valence-corrected chi connectivity index (χ2v) is 5.82. The maximum Gasteiger partial charge on any atom is 0.387 e. The lowest BCUT2D eigenvalue weighted by molar-refractivity contribution is -0.131. The van der Waals surface area contributed by atoms with E-state index in [1.807, 2.05) is 24.3 Å². The Morgan fingerprint density at radius 3 is 2.36 bits per heavy atom. The van der Waals surface area contributed by atoms with Crippen LogP contribution in [0.25, 0.3) is 0 Å². The number of carbonyl (C=O) groups is 1. The lowest BCUT2D eigenvalue weighted by atomic mass is 10.1. The van der Waals surface area contributed by atoms with Gasteiger partial charge in [0, 0.05) is 6.54 Å². The van der Waals surface area contributed by atoms with Crippen molar-refractivity contribution in [3.63, 3.8) is 0 Å². The molecule has 6 nitrogen and oxygen atoms in total. The van der Waals surface area contributed by atoms with Crippen molar-refractivity contribution >= 4 is 12.1 Å². The highest BCUT2D eigenvalue weighted by atomic mass is 19.3. The van der Waals surface area contributed by atoms with Crippen molar-refractivity contribution in [3.05, 3.63) is 59.7 Å². The molecule has 28 heavy (non-hydrogen) atoms. The summed E-state index contributed by atoms with van der Waals surface area (Å²) in [6.07, 6.45) is 1.29. The Hall–Kier alpha value is -3.16. The van der Waals surface area contributed by atoms with Gasteiger partial charge in [-0.15, -0.1) is 0 Å². The molecule has 8 heteroatoms. The van der Waals surface area contributed by atoms with Crippen molar-refractivity contribution in [3.8, 4) is 11.5 Å². The Balaban J connectivity index is 1.71. The van der Waals surface area contributed by atoms with E-state index in [-0.39, 0.29) is 11.7 Å². The number of rotatable bonds is 10. The first kappa shape index (κ1) is 21.1. The van der Waals surface area contributed by atoms with E-state index in [0.717, 1.165) is 11.3 Å². The zero-order valence-electron chi connectivity index (χ0n) is 15.6. The average Bonchev–Trinajstić information content (AvgIpc) is 2.69. The van der Waals surface area contributed by atoms with Crippen molar-refractivity contribution in [1.82, 2.24) is 5.32 Å². The summed E-state index contributed by atoms with van der Waals surface area (Å²) >= 11 is 0. The molecule has 1 unspecified atom stereocenters. The van der Waals surface area contributed by atoms with Gasteiger partial charge in [0.2, 0.25) is 6.10 Å². The van der Waals surface area contributed by atoms with Crippen LogP contribution in [0.15, 0.2) is 53.7 Å². The summed E-state index contributed by atoms with van der Waals surface area (Å²) in [6, 6.07) is 13.5. The van der Waals surface area contributed by atoms with Gasteiger partial charge in [-0.2, -0.15) is 8.78 Å². The summed E-state index contributed by atoms with van der Waals surface area (Å²) in [6.45, 7) is -0.819. The SMILES string of the molecule is COc1ccc(CCNC(=O)C(C)O/N=C/c2ccc(OC(F)F)cc2)cc1. The quantitative estimate of drug-likeness (QED) is 0.497. The molecule has 150 valence electrons. The molecule has 0 aliphatic carbocycles. The number of ether oxygens (including phenoxy) is 2. The molecule has 1 N–H and O–H groups in total. The highest BCUT2D eigenvalue weighted by Crippen LogP contribution is 2.14. The number of alkyl halides is 2. The molecule has 1 atom stereocenters. The van der Waals surface area contributed by atoms with Gasteiger partial charge in [0.25, 0.3) is 5.91 Å². The van der Waals surface area contributed by atoms with Gasteiger partial charge in [0.15, 0.2) is 0 Å². The Morgan fingerprint density at radius 2 is 1.75 bits per heavy atom. The number of benzene rings is 2. The van der Waals surface area contributed by atoms with E-state index < -0.39 is 12.7 Å². The molecule has 0 aromatic heterocycles. The second kappa shape index (κ2) is 10.9. The topological polar surface area (TPSA) is 69.2 Å². The lowest BCUT2D eigenvalue weighted by Gasteiger charge is -2.10. The fourth-order valence-corrected chi connectivity index (χ4v) is 2.23. The van der Waals surface area contributed by atoms with Gasteiger partial charge in [-0.05, 0) is 60.9 Å². The van der Waals surface area contributed by atoms with Crippen LogP contribution in [0.5, 0.6) is 11.5 Å². The number of amides is 1. The average molecular weight is 392 g/mol. The molecule has 0 saturated heterocycles. The van der Waals surface area contributed by atoms with E-state index in [0.29, 0.717) is 18.5 Å². The van der Waals surface area contributed by atoms with Crippen molar-refractivity contribution in [2.24, 2.45) is 5.16 Å². The summed E-state index contributed by atoms with van der Waals surface area (Å²) in [5.74, 6) is 0.549. The molecule has 1 amide bonds. The van der Waals surface area contributed by atoms with Crippen LogP contribution >= 0.6 is 0 Å². The van der Waals surface area contributed by atoms with Crippen LogP contribution in [0.1, 0.15) is 18.1 Å². The van der Waals surface area contributed by atoms with Crippen molar-refractivity contribution in [1.29, 1.82) is 0 Å². The van der Waals surface area contributed by atoms with Crippen molar-refractivity contribution < 1.29 is 27.9 Å². The summed E-state index contributed by atoms with van der Waals surface area (Å²) < 4.78 is 33.5. The predicted molar refractivity (Wildman–Crippen MR) is 101 cm³/mol. The number of hydrogen-bond acceptors (Lipinski definition) is 5. The summed E-state index contributed by atoms with van der Waals surface area (Å²) in [5, 5.41) is 6.53. The van der Waals surface area contributed by atoms with Crippen molar-refractivity contribution in [2.45, 2.75) is 26.1 Å². The number of nitrogens with zero attached hydrogens (tertiary/aromatic N) is 1. The first-order valence-electron chi connectivity index (χ1n) is 8.62. The van der Waals surface area contributed by atoms with Gasteiger partial charge < -0.3 is 19.6 Å². The normalized spacial score (nSPS) is 12.0. The Kier molecular flexibility index (Phi) is 8.20. The van der Waals surface area contributed by atoms with Gasteiger partial charge >= 0.3 is 6.61 Å². The van der Waals surface area contributed by atoms with Gasteiger partial charge in [0.05, 0.1) is 13.3 Å². The van der Waals surface area contributed by atoms with Gasteiger partial charge in [-0.25, -0.2) is 0 Å². The van der Waals surface area contributed by atoms with Crippen molar-refractivity contribution in [2.75, 3.05) is 13.7 Å². The highest BCUT2D eigenvalue weighted by molar-refractivity contribution is 5.81. The number of carbonyl (C=O) groups excluding carboxylic acids is 1. The first-order chi connectivity index (χ1) is 13.5. The maximum atomic E-state index is 12.1. The van der Waals surface area contributed by atoms with E-state index in [2.05, 4.69) is 15.2 Å². The smallest absolute Gasteiger partial charge is 0.387 e. The predicted octanol–water partition coefficient (Wildman–Crippen LogP) is 3.39. The number of hydrogen-bond donors (Lipinski definition) is 1. The standard InChI is InChI=1S/C20H22F2N2O4/c1-14(19(25)23-12-11-15-3-7-17(26-2)8-4-15)28-24-13-16-5-9-18(10-6-16)27-20(21)22/h3-10,13-14,20H,11-12H2,1-2H3,(H,23,25)/b24-13+. The molecule has 0 fully saturated rings. The zero-order chi connectivity index (χ0) is 20.4. The van der Waals surface area contributed by atoms with E-state index in [9.17, 15) is 13.6 Å². The number of halogens is 2. The second-order valence-electron chi connectivity index (χ2n) is 5.82. The molecule has 0 radical (unpaired) electrons. The minimum atomic E-state index is -2.87. The minimum absolute atomic E-state index is 0.0534.